The highest BCUT2D eigenvalue weighted by Crippen LogP contribution is 2.22. The van der Waals surface area contributed by atoms with Gasteiger partial charge in [-0.1, -0.05) is 0 Å². The summed E-state index contributed by atoms with van der Waals surface area (Å²) in [5.41, 5.74) is 0.286. The summed E-state index contributed by atoms with van der Waals surface area (Å²) in [5.74, 6) is -0.827. The van der Waals surface area contributed by atoms with Crippen LogP contribution in [0.25, 0.3) is 0 Å². The average Bonchev–Trinajstić information content (AvgIpc) is 3.20. The van der Waals surface area contributed by atoms with E-state index in [1.165, 1.54) is 18.9 Å². The maximum Gasteiger partial charge on any atom is 0.223 e. The van der Waals surface area contributed by atoms with Gasteiger partial charge in [0.1, 0.15) is 11.6 Å². The molecule has 1 atom stereocenters. The predicted molar refractivity (Wildman–Crippen MR) is 85.1 cm³/mol. The standard InChI is InChI=1S/C18H24F2N2O/c19-15-6-7-17(20)14(12-15)5-8-18(23)22-11-3-4-16(22)13-21-9-1-2-10-21/h6-7,12,16H,1-5,8-11,13H2/t16-/m1/s1. The van der Waals surface area contributed by atoms with Gasteiger partial charge in [0.25, 0.3) is 0 Å². The van der Waals surface area contributed by atoms with E-state index < -0.39 is 11.6 Å². The average molecular weight is 322 g/mol. The highest BCUT2D eigenvalue weighted by Gasteiger charge is 2.30. The van der Waals surface area contributed by atoms with Crippen molar-refractivity contribution in [3.63, 3.8) is 0 Å². The fraction of sp³-hybridized carbons (Fsp3) is 0.611. The summed E-state index contributed by atoms with van der Waals surface area (Å²) < 4.78 is 26.8. The highest BCUT2D eigenvalue weighted by molar-refractivity contribution is 5.77. The number of likely N-dealkylation sites (tertiary alicyclic amines) is 2. The SMILES string of the molecule is O=C(CCc1cc(F)ccc1F)N1CCC[C@@H]1CN1CCCC1. The Morgan fingerprint density at radius 2 is 1.91 bits per heavy atom. The first kappa shape index (κ1) is 16.4. The van der Waals surface area contributed by atoms with E-state index in [-0.39, 0.29) is 30.4 Å². The normalized spacial score (nSPS) is 22.0. The molecule has 2 heterocycles. The van der Waals surface area contributed by atoms with Gasteiger partial charge in [-0.05, 0) is 69.0 Å². The number of halogens is 2. The minimum atomic E-state index is -0.457. The Balaban J connectivity index is 1.55. The Morgan fingerprint density at radius 1 is 1.13 bits per heavy atom. The maximum absolute atomic E-state index is 13.6. The van der Waals surface area contributed by atoms with Gasteiger partial charge in [0.15, 0.2) is 0 Å². The monoisotopic (exact) mass is 322 g/mol. The summed E-state index contributed by atoms with van der Waals surface area (Å²) in [7, 11) is 0. The molecule has 5 heteroatoms. The van der Waals surface area contributed by atoms with Crippen LogP contribution in [0, 0.1) is 11.6 Å². The highest BCUT2D eigenvalue weighted by atomic mass is 19.1. The third-order valence-corrected chi connectivity index (χ3v) is 4.98. The topological polar surface area (TPSA) is 23.6 Å². The number of hydrogen-bond donors (Lipinski definition) is 0. The summed E-state index contributed by atoms with van der Waals surface area (Å²) in [6, 6.07) is 3.71. The maximum atomic E-state index is 13.6. The molecule has 0 radical (unpaired) electrons. The molecule has 3 nitrogen and oxygen atoms in total. The Bertz CT molecular complexity index is 558. The molecule has 0 unspecified atom stereocenters. The smallest absolute Gasteiger partial charge is 0.223 e. The number of nitrogens with zero attached hydrogens (tertiary/aromatic N) is 2. The van der Waals surface area contributed by atoms with Gasteiger partial charge in [-0.3, -0.25) is 4.79 Å². The third kappa shape index (κ3) is 4.08. The van der Waals surface area contributed by atoms with Crippen LogP contribution >= 0.6 is 0 Å². The summed E-state index contributed by atoms with van der Waals surface area (Å²) in [6.07, 6.45) is 5.10. The minimum absolute atomic E-state index is 0.0651. The van der Waals surface area contributed by atoms with Gasteiger partial charge >= 0.3 is 0 Å². The van der Waals surface area contributed by atoms with Crippen molar-refractivity contribution in [1.82, 2.24) is 9.80 Å². The van der Waals surface area contributed by atoms with Crippen molar-refractivity contribution in [3.8, 4) is 0 Å². The van der Waals surface area contributed by atoms with Gasteiger partial charge < -0.3 is 9.80 Å². The van der Waals surface area contributed by atoms with Crippen LogP contribution in [0.3, 0.4) is 0 Å². The molecule has 0 saturated carbocycles. The number of carbonyl (C=O) groups is 1. The summed E-state index contributed by atoms with van der Waals surface area (Å²) in [4.78, 5) is 16.9. The van der Waals surface area contributed by atoms with Gasteiger partial charge in [-0.25, -0.2) is 8.78 Å². The Hall–Kier alpha value is -1.49. The molecule has 2 fully saturated rings. The molecule has 23 heavy (non-hydrogen) atoms. The van der Waals surface area contributed by atoms with Gasteiger partial charge in [0, 0.05) is 25.6 Å². The second kappa shape index (κ2) is 7.39. The molecular weight excluding hydrogens is 298 g/mol. The largest absolute Gasteiger partial charge is 0.338 e. The number of hydrogen-bond acceptors (Lipinski definition) is 2. The van der Waals surface area contributed by atoms with Crippen LogP contribution < -0.4 is 0 Å². The lowest BCUT2D eigenvalue weighted by Crippen LogP contribution is -2.42. The quantitative estimate of drug-likeness (QED) is 0.832. The molecule has 0 spiro atoms. The molecule has 0 bridgehead atoms. The van der Waals surface area contributed by atoms with E-state index in [1.54, 1.807) is 0 Å². The minimum Gasteiger partial charge on any atom is -0.338 e. The van der Waals surface area contributed by atoms with Crippen LogP contribution in [-0.4, -0.2) is 47.9 Å². The van der Waals surface area contributed by atoms with E-state index in [0.29, 0.717) is 0 Å². The van der Waals surface area contributed by atoms with Crippen LogP contribution in [0.4, 0.5) is 8.78 Å². The fourth-order valence-electron chi connectivity index (χ4n) is 3.74. The van der Waals surface area contributed by atoms with Crippen molar-refractivity contribution in [2.75, 3.05) is 26.2 Å². The molecule has 1 amide bonds. The zero-order valence-corrected chi connectivity index (χ0v) is 13.4. The van der Waals surface area contributed by atoms with Crippen molar-refractivity contribution in [3.05, 3.63) is 35.4 Å². The lowest BCUT2D eigenvalue weighted by Gasteiger charge is -2.28. The first-order chi connectivity index (χ1) is 11.1. The first-order valence-electron chi connectivity index (χ1n) is 8.59. The van der Waals surface area contributed by atoms with Crippen molar-refractivity contribution in [1.29, 1.82) is 0 Å². The Morgan fingerprint density at radius 3 is 2.70 bits per heavy atom. The number of amides is 1. The molecule has 1 aromatic carbocycles. The summed E-state index contributed by atoms with van der Waals surface area (Å²) in [6.45, 7) is 4.02. The molecule has 126 valence electrons. The number of benzene rings is 1. The molecule has 1 aromatic rings. The van der Waals surface area contributed by atoms with Crippen molar-refractivity contribution >= 4 is 5.91 Å². The van der Waals surface area contributed by atoms with E-state index in [0.717, 1.165) is 51.2 Å². The zero-order chi connectivity index (χ0) is 16.2. The Kier molecular flexibility index (Phi) is 5.26. The zero-order valence-electron chi connectivity index (χ0n) is 13.4. The van der Waals surface area contributed by atoms with E-state index in [1.807, 2.05) is 4.90 Å². The van der Waals surface area contributed by atoms with E-state index in [2.05, 4.69) is 4.90 Å². The third-order valence-electron chi connectivity index (χ3n) is 4.98. The Labute approximate surface area is 136 Å². The molecule has 3 rings (SSSR count). The van der Waals surface area contributed by atoms with Crippen LogP contribution in [-0.2, 0) is 11.2 Å². The second-order valence-electron chi connectivity index (χ2n) is 6.63. The first-order valence-corrected chi connectivity index (χ1v) is 8.59. The molecule has 2 saturated heterocycles. The predicted octanol–water partition coefficient (Wildman–Crippen LogP) is 2.98. The van der Waals surface area contributed by atoms with Gasteiger partial charge in [0.2, 0.25) is 5.91 Å². The lowest BCUT2D eigenvalue weighted by atomic mass is 10.1. The van der Waals surface area contributed by atoms with Gasteiger partial charge in [-0.2, -0.15) is 0 Å². The van der Waals surface area contributed by atoms with Crippen molar-refractivity contribution in [2.24, 2.45) is 0 Å². The van der Waals surface area contributed by atoms with Crippen LogP contribution in [0.5, 0.6) is 0 Å². The van der Waals surface area contributed by atoms with Crippen LogP contribution in [0.2, 0.25) is 0 Å². The summed E-state index contributed by atoms with van der Waals surface area (Å²) in [5, 5.41) is 0. The van der Waals surface area contributed by atoms with E-state index in [4.69, 9.17) is 0 Å². The van der Waals surface area contributed by atoms with Crippen LogP contribution in [0.15, 0.2) is 18.2 Å². The molecule has 0 aromatic heterocycles. The molecule has 0 N–H and O–H groups in total. The van der Waals surface area contributed by atoms with Crippen LogP contribution in [0.1, 0.15) is 37.7 Å². The lowest BCUT2D eigenvalue weighted by molar-refractivity contribution is -0.132. The second-order valence-corrected chi connectivity index (χ2v) is 6.63. The number of carbonyl (C=O) groups excluding carboxylic acids is 1. The van der Waals surface area contributed by atoms with E-state index in [9.17, 15) is 13.6 Å². The molecule has 2 aliphatic heterocycles. The van der Waals surface area contributed by atoms with E-state index >= 15 is 0 Å². The van der Waals surface area contributed by atoms with Crippen molar-refractivity contribution in [2.45, 2.75) is 44.6 Å². The fourth-order valence-corrected chi connectivity index (χ4v) is 3.74. The summed E-state index contributed by atoms with van der Waals surface area (Å²) >= 11 is 0. The number of aryl methyl sites for hydroxylation is 1. The number of rotatable bonds is 5. The molecular formula is C18H24F2N2O. The van der Waals surface area contributed by atoms with Gasteiger partial charge in [-0.15, -0.1) is 0 Å². The molecule has 2 aliphatic rings. The van der Waals surface area contributed by atoms with Gasteiger partial charge in [0.05, 0.1) is 0 Å². The molecule has 0 aliphatic carbocycles. The van der Waals surface area contributed by atoms with Crippen molar-refractivity contribution < 1.29 is 13.6 Å².